The van der Waals surface area contributed by atoms with Crippen LogP contribution in [0.3, 0.4) is 0 Å². The highest BCUT2D eigenvalue weighted by molar-refractivity contribution is 6.15. The van der Waals surface area contributed by atoms with E-state index < -0.39 is 5.41 Å². The molecule has 3 rings (SSSR count). The predicted molar refractivity (Wildman–Crippen MR) is 93.7 cm³/mol. The molecule has 0 amide bonds. The summed E-state index contributed by atoms with van der Waals surface area (Å²) in [7, 11) is 0. The van der Waals surface area contributed by atoms with Crippen molar-refractivity contribution in [1.29, 1.82) is 0 Å². The van der Waals surface area contributed by atoms with E-state index in [0.29, 0.717) is 17.6 Å². The number of carbonyl (C=O) groups excluding carboxylic acids is 2. The molecule has 2 aliphatic carbocycles. The fourth-order valence-electron chi connectivity index (χ4n) is 4.26. The maximum absolute atomic E-state index is 13.2. The van der Waals surface area contributed by atoms with Crippen LogP contribution in [0.4, 0.5) is 0 Å². The van der Waals surface area contributed by atoms with Crippen LogP contribution in [-0.2, 0) is 9.59 Å². The summed E-state index contributed by atoms with van der Waals surface area (Å²) in [4.78, 5) is 26.1. The van der Waals surface area contributed by atoms with E-state index >= 15 is 0 Å². The number of Topliss-reactive ketones (excluding diaryl/α,β-unsaturated/α-hetero) is 2. The monoisotopic (exact) mass is 322 g/mol. The predicted octanol–water partition coefficient (Wildman–Crippen LogP) is 4.10. The highest BCUT2D eigenvalue weighted by atomic mass is 16.3. The Morgan fingerprint density at radius 3 is 2.38 bits per heavy atom. The lowest BCUT2D eigenvalue weighted by Crippen LogP contribution is -2.50. The first-order chi connectivity index (χ1) is 11.3. The number of ketones is 2. The molecule has 0 aliphatic heterocycles. The summed E-state index contributed by atoms with van der Waals surface area (Å²) < 4.78 is 0. The molecular weight excluding hydrogens is 300 g/mol. The summed E-state index contributed by atoms with van der Waals surface area (Å²) in [5, 5.41) is 9.58. The van der Waals surface area contributed by atoms with Crippen LogP contribution in [0.1, 0.15) is 38.7 Å². The van der Waals surface area contributed by atoms with E-state index in [2.05, 4.69) is 6.58 Å². The van der Waals surface area contributed by atoms with Crippen LogP contribution in [0.2, 0.25) is 0 Å². The van der Waals surface area contributed by atoms with E-state index in [1.54, 1.807) is 32.1 Å². The van der Waals surface area contributed by atoms with Crippen molar-refractivity contribution in [3.05, 3.63) is 65.3 Å². The number of phenolic OH excluding ortho intramolecular Hbond substituents is 1. The molecule has 3 heteroatoms. The van der Waals surface area contributed by atoms with E-state index in [9.17, 15) is 14.7 Å². The van der Waals surface area contributed by atoms with Crippen molar-refractivity contribution in [2.45, 2.75) is 33.1 Å². The number of carbonyl (C=O) groups is 2. The Morgan fingerprint density at radius 1 is 1.17 bits per heavy atom. The Hall–Kier alpha value is -2.42. The average Bonchev–Trinajstić information content (AvgIpc) is 2.58. The number of aromatic hydroxyl groups is 1. The molecule has 24 heavy (non-hydrogen) atoms. The van der Waals surface area contributed by atoms with Gasteiger partial charge in [0.25, 0.3) is 0 Å². The molecule has 1 aromatic carbocycles. The van der Waals surface area contributed by atoms with Gasteiger partial charge in [-0.15, -0.1) is 0 Å². The number of allylic oxidation sites excluding steroid dienone is 5. The summed E-state index contributed by atoms with van der Waals surface area (Å²) >= 11 is 0. The van der Waals surface area contributed by atoms with E-state index in [1.807, 2.05) is 25.1 Å². The standard InChI is InChI=1S/C21H22O3/c1-5-14-8-11-17-19(23)12(2)13(3)20(24)21(17,4)18(14)15-6-9-16(22)10-7-15/h5-10,17-18,22H,1,11H2,2-4H3/t17-,18+,21+/m0/s1. The van der Waals surface area contributed by atoms with Gasteiger partial charge < -0.3 is 5.11 Å². The minimum atomic E-state index is -0.823. The van der Waals surface area contributed by atoms with Gasteiger partial charge in [-0.2, -0.15) is 0 Å². The third-order valence-corrected chi connectivity index (χ3v) is 5.79. The first kappa shape index (κ1) is 16.4. The third-order valence-electron chi connectivity index (χ3n) is 5.79. The van der Waals surface area contributed by atoms with E-state index in [1.165, 1.54) is 0 Å². The van der Waals surface area contributed by atoms with Crippen LogP contribution in [0.25, 0.3) is 0 Å². The number of benzene rings is 1. The molecule has 0 aromatic heterocycles. The van der Waals surface area contributed by atoms with Crippen LogP contribution in [0.5, 0.6) is 5.75 Å². The van der Waals surface area contributed by atoms with E-state index in [-0.39, 0.29) is 29.2 Å². The van der Waals surface area contributed by atoms with Gasteiger partial charge in [-0.05, 0) is 54.7 Å². The third kappa shape index (κ3) is 2.11. The van der Waals surface area contributed by atoms with Gasteiger partial charge >= 0.3 is 0 Å². The quantitative estimate of drug-likeness (QED) is 0.892. The maximum Gasteiger partial charge on any atom is 0.166 e. The van der Waals surface area contributed by atoms with Gasteiger partial charge in [-0.1, -0.05) is 37.8 Å². The van der Waals surface area contributed by atoms with Gasteiger partial charge in [-0.25, -0.2) is 0 Å². The molecule has 0 saturated carbocycles. The van der Waals surface area contributed by atoms with E-state index in [4.69, 9.17) is 0 Å². The van der Waals surface area contributed by atoms with Crippen molar-refractivity contribution in [3.8, 4) is 5.75 Å². The molecule has 0 unspecified atom stereocenters. The fourth-order valence-corrected chi connectivity index (χ4v) is 4.26. The van der Waals surface area contributed by atoms with Crippen LogP contribution >= 0.6 is 0 Å². The Balaban J connectivity index is 2.24. The molecule has 0 spiro atoms. The minimum Gasteiger partial charge on any atom is -0.508 e. The lowest BCUT2D eigenvalue weighted by molar-refractivity contribution is -0.138. The Bertz CT molecular complexity index is 795. The molecule has 2 aliphatic rings. The van der Waals surface area contributed by atoms with Crippen LogP contribution in [-0.4, -0.2) is 16.7 Å². The van der Waals surface area contributed by atoms with Crippen molar-refractivity contribution in [2.75, 3.05) is 0 Å². The molecule has 1 aromatic rings. The first-order valence-electron chi connectivity index (χ1n) is 8.20. The van der Waals surface area contributed by atoms with Gasteiger partial charge in [0.2, 0.25) is 0 Å². The topological polar surface area (TPSA) is 54.4 Å². The van der Waals surface area contributed by atoms with Gasteiger partial charge in [0, 0.05) is 11.8 Å². The van der Waals surface area contributed by atoms with Gasteiger partial charge in [-0.3, -0.25) is 9.59 Å². The SMILES string of the molecule is C=CC1=CC[C@H]2C(=O)C(C)=C(C)C(=O)[C@@]2(C)[C@H]1c1ccc(O)cc1. The number of rotatable bonds is 2. The molecular formula is C21H22O3. The summed E-state index contributed by atoms with van der Waals surface area (Å²) in [6.45, 7) is 9.30. The Kier molecular flexibility index (Phi) is 3.83. The van der Waals surface area contributed by atoms with Gasteiger partial charge in [0.1, 0.15) is 5.75 Å². The summed E-state index contributed by atoms with van der Waals surface area (Å²) in [5.74, 6) is -0.309. The van der Waals surface area contributed by atoms with E-state index in [0.717, 1.165) is 11.1 Å². The number of phenols is 1. The molecule has 0 radical (unpaired) electrons. The lowest BCUT2D eigenvalue weighted by Gasteiger charge is -2.48. The largest absolute Gasteiger partial charge is 0.508 e. The number of fused-ring (bicyclic) bond motifs is 1. The maximum atomic E-state index is 13.2. The smallest absolute Gasteiger partial charge is 0.166 e. The van der Waals surface area contributed by atoms with Gasteiger partial charge in [0.05, 0.1) is 5.41 Å². The molecule has 3 nitrogen and oxygen atoms in total. The minimum absolute atomic E-state index is 0.0372. The molecule has 0 fully saturated rings. The number of hydrogen-bond acceptors (Lipinski definition) is 3. The summed E-state index contributed by atoms with van der Waals surface area (Å²) in [6, 6.07) is 6.88. The lowest BCUT2D eigenvalue weighted by atomic mass is 9.52. The van der Waals surface area contributed by atoms with Crippen molar-refractivity contribution in [2.24, 2.45) is 11.3 Å². The molecule has 0 bridgehead atoms. The zero-order chi connectivity index (χ0) is 17.6. The normalized spacial score (nSPS) is 30.0. The summed E-state index contributed by atoms with van der Waals surface area (Å²) in [6.07, 6.45) is 4.36. The highest BCUT2D eigenvalue weighted by Crippen LogP contribution is 2.55. The second-order valence-electron chi connectivity index (χ2n) is 6.95. The number of hydrogen-bond donors (Lipinski definition) is 1. The summed E-state index contributed by atoms with van der Waals surface area (Å²) in [5.41, 5.74) is 2.21. The molecule has 124 valence electrons. The second-order valence-corrected chi connectivity index (χ2v) is 6.95. The fraction of sp³-hybridized carbons (Fsp3) is 0.333. The highest BCUT2D eigenvalue weighted by Gasteiger charge is 2.56. The van der Waals surface area contributed by atoms with Crippen LogP contribution in [0, 0.1) is 11.3 Å². The van der Waals surface area contributed by atoms with Crippen molar-refractivity contribution >= 4 is 11.6 Å². The van der Waals surface area contributed by atoms with Crippen LogP contribution in [0.15, 0.2) is 59.7 Å². The van der Waals surface area contributed by atoms with Crippen molar-refractivity contribution < 1.29 is 14.7 Å². The zero-order valence-electron chi connectivity index (χ0n) is 14.3. The van der Waals surface area contributed by atoms with Crippen LogP contribution < -0.4 is 0 Å². The van der Waals surface area contributed by atoms with Gasteiger partial charge in [0.15, 0.2) is 11.6 Å². The molecule has 1 N–H and O–H groups in total. The molecule has 3 atom stereocenters. The van der Waals surface area contributed by atoms with Crippen molar-refractivity contribution in [3.63, 3.8) is 0 Å². The zero-order valence-corrected chi connectivity index (χ0v) is 14.3. The van der Waals surface area contributed by atoms with Crippen molar-refractivity contribution in [1.82, 2.24) is 0 Å². The first-order valence-corrected chi connectivity index (χ1v) is 8.20. The second kappa shape index (κ2) is 5.59. The Labute approximate surface area is 142 Å². The molecule has 0 saturated heterocycles. The molecule has 0 heterocycles. The Morgan fingerprint density at radius 2 is 1.79 bits per heavy atom. The average molecular weight is 322 g/mol.